The predicted molar refractivity (Wildman–Crippen MR) is 108 cm³/mol. The maximum Gasteiger partial charge on any atom is 0.263 e. The largest absolute Gasteiger partial charge is 0.484 e. The molecule has 0 unspecified atom stereocenters. The molecule has 6 nitrogen and oxygen atoms in total. The molecule has 1 amide bonds. The summed E-state index contributed by atoms with van der Waals surface area (Å²) in [5, 5.41) is 7.48. The van der Waals surface area contributed by atoms with Gasteiger partial charge in [0.1, 0.15) is 23.2 Å². The second-order valence-corrected chi connectivity index (χ2v) is 7.59. The highest BCUT2D eigenvalue weighted by molar-refractivity contribution is 7.15. The van der Waals surface area contributed by atoms with E-state index in [1.165, 1.54) is 35.6 Å². The number of thiophene rings is 1. The van der Waals surface area contributed by atoms with Crippen molar-refractivity contribution in [2.75, 3.05) is 11.9 Å². The molecule has 28 heavy (non-hydrogen) atoms. The van der Waals surface area contributed by atoms with Crippen LogP contribution in [0.5, 0.6) is 5.75 Å². The molecule has 0 spiro atoms. The molecule has 0 aliphatic rings. The lowest BCUT2D eigenvalue weighted by Gasteiger charge is -2.09. The summed E-state index contributed by atoms with van der Waals surface area (Å²) in [6, 6.07) is 9.49. The van der Waals surface area contributed by atoms with E-state index < -0.39 is 0 Å². The number of hydrogen-bond acceptors (Lipinski definition) is 6. The molecule has 1 N–H and O–H groups in total. The number of carbonyl (C=O) groups is 1. The van der Waals surface area contributed by atoms with E-state index in [4.69, 9.17) is 4.74 Å². The average Bonchev–Trinajstić information content (AvgIpc) is 3.42. The number of benzene rings is 1. The number of nitrogens with one attached hydrogen (secondary N) is 1. The minimum atomic E-state index is -0.360. The maximum absolute atomic E-state index is 12.9. The average molecular weight is 414 g/mol. The summed E-state index contributed by atoms with van der Waals surface area (Å²) in [6.45, 7) is 1.64. The molecular formula is C19H15FN4O2S2. The number of aromatic nitrogens is 3. The van der Waals surface area contributed by atoms with Crippen molar-refractivity contribution in [1.29, 1.82) is 0 Å². The molecule has 0 saturated carbocycles. The standard InChI is InChI=1S/C19H15FN4O2S2/c1-12-21-9-17(23-18(25)10-26-14-6-4-13(20)5-7-14)24(12)19-22-15(11-28-19)16-3-2-8-27-16/h2-9,11H,10H2,1H3,(H,23,25). The van der Waals surface area contributed by atoms with Crippen LogP contribution in [-0.2, 0) is 4.79 Å². The van der Waals surface area contributed by atoms with E-state index in [0.29, 0.717) is 22.5 Å². The van der Waals surface area contributed by atoms with Crippen LogP contribution in [0.3, 0.4) is 0 Å². The molecule has 3 heterocycles. The van der Waals surface area contributed by atoms with Crippen LogP contribution < -0.4 is 10.1 Å². The Kier molecular flexibility index (Phi) is 5.18. The zero-order valence-electron chi connectivity index (χ0n) is 14.8. The Balaban J connectivity index is 1.47. The van der Waals surface area contributed by atoms with Crippen molar-refractivity contribution in [3.63, 3.8) is 0 Å². The van der Waals surface area contributed by atoms with Crippen molar-refractivity contribution in [3.8, 4) is 21.5 Å². The summed E-state index contributed by atoms with van der Waals surface area (Å²) in [6.07, 6.45) is 1.58. The molecule has 4 aromatic rings. The molecule has 3 aromatic heterocycles. The Morgan fingerprint density at radius 1 is 1.25 bits per heavy atom. The van der Waals surface area contributed by atoms with Crippen LogP contribution >= 0.6 is 22.7 Å². The van der Waals surface area contributed by atoms with Gasteiger partial charge in [-0.05, 0) is 42.6 Å². The number of hydrogen-bond donors (Lipinski definition) is 1. The van der Waals surface area contributed by atoms with Crippen molar-refractivity contribution in [2.24, 2.45) is 0 Å². The maximum atomic E-state index is 12.9. The molecule has 142 valence electrons. The molecule has 0 fully saturated rings. The molecule has 1 aromatic carbocycles. The van der Waals surface area contributed by atoms with Gasteiger partial charge in [-0.1, -0.05) is 6.07 Å². The lowest BCUT2D eigenvalue weighted by atomic mass is 10.3. The fraction of sp³-hybridized carbons (Fsp3) is 0.105. The number of anilines is 1. The minimum absolute atomic E-state index is 0.200. The highest BCUT2D eigenvalue weighted by atomic mass is 32.1. The number of thiazole rings is 1. The molecule has 9 heteroatoms. The van der Waals surface area contributed by atoms with E-state index in [0.717, 1.165) is 10.6 Å². The topological polar surface area (TPSA) is 69.0 Å². The summed E-state index contributed by atoms with van der Waals surface area (Å²) in [5.74, 6) is 0.933. The van der Waals surface area contributed by atoms with Gasteiger partial charge in [-0.25, -0.2) is 14.4 Å². The van der Waals surface area contributed by atoms with Crippen molar-refractivity contribution in [2.45, 2.75) is 6.92 Å². The fourth-order valence-electron chi connectivity index (χ4n) is 2.54. The van der Waals surface area contributed by atoms with Crippen LogP contribution in [-0.4, -0.2) is 27.0 Å². The van der Waals surface area contributed by atoms with Crippen molar-refractivity contribution < 1.29 is 13.9 Å². The number of amides is 1. The zero-order valence-corrected chi connectivity index (χ0v) is 16.4. The summed E-state index contributed by atoms with van der Waals surface area (Å²) < 4.78 is 20.1. The summed E-state index contributed by atoms with van der Waals surface area (Å²) in [7, 11) is 0. The molecule has 0 bridgehead atoms. The van der Waals surface area contributed by atoms with Gasteiger partial charge in [0.05, 0.1) is 16.8 Å². The third kappa shape index (κ3) is 3.95. The van der Waals surface area contributed by atoms with Crippen LogP contribution in [0.25, 0.3) is 15.7 Å². The Morgan fingerprint density at radius 3 is 2.82 bits per heavy atom. The van der Waals surface area contributed by atoms with Gasteiger partial charge >= 0.3 is 0 Å². The van der Waals surface area contributed by atoms with Gasteiger partial charge < -0.3 is 10.1 Å². The number of halogens is 1. The molecule has 0 aliphatic heterocycles. The number of imidazole rings is 1. The summed E-state index contributed by atoms with van der Waals surface area (Å²) in [5.41, 5.74) is 0.889. The van der Waals surface area contributed by atoms with Crippen LogP contribution in [0.1, 0.15) is 5.82 Å². The first-order chi connectivity index (χ1) is 13.6. The quantitative estimate of drug-likeness (QED) is 0.504. The summed E-state index contributed by atoms with van der Waals surface area (Å²) in [4.78, 5) is 22.3. The van der Waals surface area contributed by atoms with Gasteiger partial charge in [0.25, 0.3) is 5.91 Å². The predicted octanol–water partition coefficient (Wildman–Crippen LogP) is 4.52. The first kappa shape index (κ1) is 18.3. The number of ether oxygens (including phenoxy) is 1. The van der Waals surface area contributed by atoms with Gasteiger partial charge in [-0.3, -0.25) is 9.36 Å². The highest BCUT2D eigenvalue weighted by Gasteiger charge is 2.15. The lowest BCUT2D eigenvalue weighted by molar-refractivity contribution is -0.118. The monoisotopic (exact) mass is 414 g/mol. The second kappa shape index (κ2) is 7.91. The van der Waals surface area contributed by atoms with Crippen LogP contribution in [0, 0.1) is 12.7 Å². The smallest absolute Gasteiger partial charge is 0.263 e. The number of aryl methyl sites for hydroxylation is 1. The number of nitrogens with zero attached hydrogens (tertiary/aromatic N) is 3. The Labute approximate surface area is 168 Å². The van der Waals surface area contributed by atoms with Crippen molar-refractivity contribution >= 4 is 34.4 Å². The van der Waals surface area contributed by atoms with E-state index in [-0.39, 0.29) is 18.3 Å². The first-order valence-corrected chi connectivity index (χ1v) is 10.1. The van der Waals surface area contributed by atoms with Gasteiger partial charge in [-0.15, -0.1) is 22.7 Å². The van der Waals surface area contributed by atoms with E-state index >= 15 is 0 Å². The van der Waals surface area contributed by atoms with Gasteiger partial charge in [0.2, 0.25) is 0 Å². The molecule has 4 rings (SSSR count). The van der Waals surface area contributed by atoms with Crippen molar-refractivity contribution in [3.05, 3.63) is 65.0 Å². The normalized spacial score (nSPS) is 10.8. The van der Waals surface area contributed by atoms with Crippen molar-refractivity contribution in [1.82, 2.24) is 14.5 Å². The molecule has 0 aliphatic carbocycles. The number of rotatable bonds is 6. The van der Waals surface area contributed by atoms with Gasteiger partial charge in [0.15, 0.2) is 11.7 Å². The van der Waals surface area contributed by atoms with E-state index in [9.17, 15) is 9.18 Å². The zero-order chi connectivity index (χ0) is 19.5. The van der Waals surface area contributed by atoms with E-state index in [2.05, 4.69) is 15.3 Å². The second-order valence-electron chi connectivity index (χ2n) is 5.81. The molecule has 0 atom stereocenters. The summed E-state index contributed by atoms with van der Waals surface area (Å²) >= 11 is 3.09. The lowest BCUT2D eigenvalue weighted by Crippen LogP contribution is -2.21. The Morgan fingerprint density at radius 2 is 2.07 bits per heavy atom. The van der Waals surface area contributed by atoms with E-state index in [1.54, 1.807) is 22.1 Å². The van der Waals surface area contributed by atoms with Crippen LogP contribution in [0.15, 0.2) is 53.4 Å². The van der Waals surface area contributed by atoms with Crippen LogP contribution in [0.2, 0.25) is 0 Å². The molecular weight excluding hydrogens is 399 g/mol. The fourth-order valence-corrected chi connectivity index (χ4v) is 4.18. The van der Waals surface area contributed by atoms with Gasteiger partial charge in [0, 0.05) is 5.38 Å². The number of carbonyl (C=O) groups excluding carboxylic acids is 1. The SMILES string of the molecule is Cc1ncc(NC(=O)COc2ccc(F)cc2)n1-c1nc(-c2cccs2)cs1. The molecule has 0 radical (unpaired) electrons. The highest BCUT2D eigenvalue weighted by Crippen LogP contribution is 2.29. The Hall–Kier alpha value is -3.04. The minimum Gasteiger partial charge on any atom is -0.484 e. The third-order valence-electron chi connectivity index (χ3n) is 3.85. The third-order valence-corrected chi connectivity index (χ3v) is 5.56. The van der Waals surface area contributed by atoms with E-state index in [1.807, 2.05) is 29.8 Å². The Bertz CT molecular complexity index is 1090. The first-order valence-electron chi connectivity index (χ1n) is 8.32. The van der Waals surface area contributed by atoms with Crippen LogP contribution in [0.4, 0.5) is 10.2 Å². The van der Waals surface area contributed by atoms with Gasteiger partial charge in [-0.2, -0.15) is 0 Å². The molecule has 0 saturated heterocycles.